The van der Waals surface area contributed by atoms with E-state index in [9.17, 15) is 9.59 Å². The molecule has 2 aromatic heterocycles. The number of fused-ring (bicyclic) bond motifs is 1. The van der Waals surface area contributed by atoms with Gasteiger partial charge >= 0.3 is 6.09 Å². The van der Waals surface area contributed by atoms with E-state index in [4.69, 9.17) is 15.5 Å². The largest absolute Gasteiger partial charge is 0.430 e. The van der Waals surface area contributed by atoms with Crippen LogP contribution in [0.2, 0.25) is 0 Å². The number of ketones is 1. The third-order valence-electron chi connectivity index (χ3n) is 5.47. The topological polar surface area (TPSA) is 114 Å². The van der Waals surface area contributed by atoms with Crippen molar-refractivity contribution in [3.05, 3.63) is 47.8 Å². The number of ether oxygens (including phenoxy) is 1. The van der Waals surface area contributed by atoms with Crippen LogP contribution in [-0.2, 0) is 11.3 Å². The minimum atomic E-state index is -0.749. The van der Waals surface area contributed by atoms with Gasteiger partial charge in [0.15, 0.2) is 17.7 Å². The molecule has 0 spiro atoms. The predicted molar refractivity (Wildman–Crippen MR) is 117 cm³/mol. The SMILES string of the molecule is CC(C)(C)C(=O)c1c[nH]c2ncc(-c3cccc(CN4CCC[C@@H]4OC(N)=O)c3)nc12. The van der Waals surface area contributed by atoms with E-state index in [0.717, 1.165) is 30.5 Å². The van der Waals surface area contributed by atoms with Crippen LogP contribution in [0.25, 0.3) is 22.4 Å². The number of benzene rings is 1. The van der Waals surface area contributed by atoms with Crippen molar-refractivity contribution < 1.29 is 14.3 Å². The van der Waals surface area contributed by atoms with E-state index in [-0.39, 0.29) is 12.0 Å². The third-order valence-corrected chi connectivity index (χ3v) is 5.47. The first-order valence-corrected chi connectivity index (χ1v) is 10.4. The highest BCUT2D eigenvalue weighted by Gasteiger charge is 2.28. The molecule has 31 heavy (non-hydrogen) atoms. The summed E-state index contributed by atoms with van der Waals surface area (Å²) >= 11 is 0. The van der Waals surface area contributed by atoms with Gasteiger partial charge in [-0.05, 0) is 24.5 Å². The van der Waals surface area contributed by atoms with Crippen LogP contribution in [-0.4, -0.2) is 44.5 Å². The van der Waals surface area contributed by atoms with Gasteiger partial charge in [-0.3, -0.25) is 9.69 Å². The number of nitrogens with one attached hydrogen (secondary N) is 1. The van der Waals surface area contributed by atoms with Gasteiger partial charge in [0.25, 0.3) is 0 Å². The lowest BCUT2D eigenvalue weighted by atomic mass is 9.87. The molecule has 1 atom stereocenters. The molecule has 0 saturated carbocycles. The Bertz CT molecular complexity index is 1130. The molecule has 1 saturated heterocycles. The van der Waals surface area contributed by atoms with Crippen molar-refractivity contribution in [1.29, 1.82) is 0 Å². The van der Waals surface area contributed by atoms with E-state index in [0.29, 0.717) is 29.0 Å². The lowest BCUT2D eigenvalue weighted by Crippen LogP contribution is -2.34. The van der Waals surface area contributed by atoms with Crippen LogP contribution in [0.15, 0.2) is 36.7 Å². The molecule has 0 radical (unpaired) electrons. The second-order valence-electron chi connectivity index (χ2n) is 8.94. The van der Waals surface area contributed by atoms with E-state index >= 15 is 0 Å². The van der Waals surface area contributed by atoms with E-state index in [2.05, 4.69) is 14.9 Å². The molecule has 1 aliphatic heterocycles. The standard InChI is InChI=1S/C23H27N5O3/c1-23(2,3)20(29)16-11-25-21-19(16)27-17(12-26-21)15-7-4-6-14(10-15)13-28-9-5-8-18(28)31-22(24)30/h4,6-7,10-12,18H,5,8-9,13H2,1-3H3,(H2,24,30)(H,25,26)/t18-/m0/s1. The molecule has 1 amide bonds. The molecule has 0 unspecified atom stereocenters. The minimum Gasteiger partial charge on any atom is -0.430 e. The van der Waals surface area contributed by atoms with Gasteiger partial charge < -0.3 is 15.5 Å². The molecule has 0 bridgehead atoms. The van der Waals surface area contributed by atoms with E-state index < -0.39 is 11.5 Å². The van der Waals surface area contributed by atoms with E-state index in [1.54, 1.807) is 12.4 Å². The van der Waals surface area contributed by atoms with Crippen molar-refractivity contribution in [3.63, 3.8) is 0 Å². The van der Waals surface area contributed by atoms with Gasteiger partial charge in [-0.2, -0.15) is 0 Å². The van der Waals surface area contributed by atoms with Crippen LogP contribution in [0.5, 0.6) is 0 Å². The number of amides is 1. The summed E-state index contributed by atoms with van der Waals surface area (Å²) in [5, 5.41) is 0. The second-order valence-corrected chi connectivity index (χ2v) is 8.94. The second kappa shape index (κ2) is 8.11. The number of carbonyl (C=O) groups excluding carboxylic acids is 2. The monoisotopic (exact) mass is 421 g/mol. The van der Waals surface area contributed by atoms with Crippen LogP contribution in [0, 0.1) is 5.41 Å². The molecule has 4 rings (SSSR count). The maximum atomic E-state index is 12.8. The Balaban J connectivity index is 1.62. The van der Waals surface area contributed by atoms with Crippen LogP contribution in [0.1, 0.15) is 49.5 Å². The number of aromatic nitrogens is 3. The first-order valence-electron chi connectivity index (χ1n) is 10.4. The zero-order valence-electron chi connectivity index (χ0n) is 18.0. The number of rotatable bonds is 5. The number of hydrogen-bond acceptors (Lipinski definition) is 6. The Morgan fingerprint density at radius 2 is 2.13 bits per heavy atom. The smallest absolute Gasteiger partial charge is 0.406 e. The molecule has 3 N–H and O–H groups in total. The van der Waals surface area contributed by atoms with E-state index in [1.165, 1.54) is 0 Å². The molecule has 1 aliphatic rings. The lowest BCUT2D eigenvalue weighted by molar-refractivity contribution is 0.0138. The Morgan fingerprint density at radius 1 is 1.32 bits per heavy atom. The molecular weight excluding hydrogens is 394 g/mol. The first kappa shape index (κ1) is 21.0. The number of nitrogens with two attached hydrogens (primary N) is 1. The highest BCUT2D eigenvalue weighted by Crippen LogP contribution is 2.28. The number of likely N-dealkylation sites (tertiary alicyclic amines) is 1. The van der Waals surface area contributed by atoms with Crippen molar-refractivity contribution in [2.75, 3.05) is 6.54 Å². The average Bonchev–Trinajstić information content (AvgIpc) is 3.33. The van der Waals surface area contributed by atoms with Crippen molar-refractivity contribution in [2.24, 2.45) is 11.1 Å². The minimum absolute atomic E-state index is 0.0217. The molecule has 3 heterocycles. The fourth-order valence-electron chi connectivity index (χ4n) is 3.92. The Hall–Kier alpha value is -3.26. The summed E-state index contributed by atoms with van der Waals surface area (Å²) in [4.78, 5) is 38.3. The highest BCUT2D eigenvalue weighted by atomic mass is 16.6. The van der Waals surface area contributed by atoms with Crippen LogP contribution in [0.4, 0.5) is 4.79 Å². The fraction of sp³-hybridized carbons (Fsp3) is 0.391. The quantitative estimate of drug-likeness (QED) is 0.605. The molecule has 1 aromatic carbocycles. The molecule has 3 aromatic rings. The summed E-state index contributed by atoms with van der Waals surface area (Å²) in [6, 6.07) is 8.01. The third kappa shape index (κ3) is 4.44. The normalized spacial score (nSPS) is 17.2. The van der Waals surface area contributed by atoms with Crippen LogP contribution >= 0.6 is 0 Å². The predicted octanol–water partition coefficient (Wildman–Crippen LogP) is 3.87. The molecule has 8 heteroatoms. The van der Waals surface area contributed by atoms with Crippen molar-refractivity contribution >= 4 is 23.0 Å². The van der Waals surface area contributed by atoms with Crippen molar-refractivity contribution in [1.82, 2.24) is 19.9 Å². The number of hydrogen-bond donors (Lipinski definition) is 2. The van der Waals surface area contributed by atoms with E-state index in [1.807, 2.05) is 45.0 Å². The summed E-state index contributed by atoms with van der Waals surface area (Å²) in [7, 11) is 0. The van der Waals surface area contributed by atoms with Crippen LogP contribution in [0.3, 0.4) is 0 Å². The maximum absolute atomic E-state index is 12.8. The number of Topliss-reactive ketones (excluding diaryl/α,β-unsaturated/α-hetero) is 1. The summed E-state index contributed by atoms with van der Waals surface area (Å²) < 4.78 is 5.22. The summed E-state index contributed by atoms with van der Waals surface area (Å²) in [6.07, 6.45) is 4.09. The Labute approximate surface area is 180 Å². The molecule has 0 aliphatic carbocycles. The Morgan fingerprint density at radius 3 is 2.87 bits per heavy atom. The van der Waals surface area contributed by atoms with Crippen LogP contribution < -0.4 is 5.73 Å². The molecular formula is C23H27N5O3. The number of carbonyl (C=O) groups is 2. The summed E-state index contributed by atoms with van der Waals surface area (Å²) in [6.45, 7) is 7.16. The highest BCUT2D eigenvalue weighted by molar-refractivity contribution is 6.08. The van der Waals surface area contributed by atoms with Gasteiger partial charge in [-0.1, -0.05) is 39.0 Å². The summed E-state index contributed by atoms with van der Waals surface area (Å²) in [5.41, 5.74) is 9.09. The lowest BCUT2D eigenvalue weighted by Gasteiger charge is -2.23. The van der Waals surface area contributed by atoms with Gasteiger partial charge in [0.05, 0.1) is 17.5 Å². The molecule has 8 nitrogen and oxygen atoms in total. The average molecular weight is 422 g/mol. The van der Waals surface area contributed by atoms with Crippen molar-refractivity contribution in [2.45, 2.75) is 46.4 Å². The number of nitrogens with zero attached hydrogens (tertiary/aromatic N) is 3. The summed E-state index contributed by atoms with van der Waals surface area (Å²) in [5.74, 6) is 0.0217. The van der Waals surface area contributed by atoms with Gasteiger partial charge in [0.1, 0.15) is 5.52 Å². The zero-order valence-corrected chi connectivity index (χ0v) is 18.0. The van der Waals surface area contributed by atoms with Gasteiger partial charge in [-0.15, -0.1) is 0 Å². The zero-order chi connectivity index (χ0) is 22.2. The number of aromatic amines is 1. The molecule has 162 valence electrons. The van der Waals surface area contributed by atoms with Gasteiger partial charge in [0.2, 0.25) is 0 Å². The van der Waals surface area contributed by atoms with Gasteiger partial charge in [0, 0.05) is 30.3 Å². The fourth-order valence-corrected chi connectivity index (χ4v) is 3.92. The van der Waals surface area contributed by atoms with Crippen molar-refractivity contribution in [3.8, 4) is 11.3 Å². The van der Waals surface area contributed by atoms with Gasteiger partial charge in [-0.25, -0.2) is 14.8 Å². The maximum Gasteiger partial charge on any atom is 0.406 e. The Kier molecular flexibility index (Phi) is 5.49. The number of H-pyrrole nitrogens is 1. The first-order chi connectivity index (χ1) is 14.7. The number of primary amides is 1. The molecule has 1 fully saturated rings.